The van der Waals surface area contributed by atoms with Gasteiger partial charge < -0.3 is 10.2 Å². The van der Waals surface area contributed by atoms with Crippen molar-refractivity contribution in [3.05, 3.63) is 15.6 Å². The van der Waals surface area contributed by atoms with Crippen molar-refractivity contribution in [2.24, 2.45) is 0 Å². The van der Waals surface area contributed by atoms with Crippen LogP contribution in [0.1, 0.15) is 47.2 Å². The smallest absolute Gasteiger partial charge is 0.0944 e. The van der Waals surface area contributed by atoms with Gasteiger partial charge in [0.25, 0.3) is 0 Å². The number of nitrogens with one attached hydrogen (secondary N) is 1. The third kappa shape index (κ3) is 2.92. The first-order valence-corrected chi connectivity index (χ1v) is 8.04. The van der Waals surface area contributed by atoms with Crippen molar-refractivity contribution in [1.82, 2.24) is 15.2 Å². The minimum absolute atomic E-state index is 0.783. The van der Waals surface area contributed by atoms with Crippen LogP contribution in [0.25, 0.3) is 0 Å². The molecule has 0 radical (unpaired) electrons. The van der Waals surface area contributed by atoms with Crippen molar-refractivity contribution in [2.45, 2.75) is 44.6 Å². The summed E-state index contributed by atoms with van der Waals surface area (Å²) in [6.07, 6.45) is 6.62. The van der Waals surface area contributed by atoms with Gasteiger partial charge in [-0.1, -0.05) is 0 Å². The van der Waals surface area contributed by atoms with Crippen LogP contribution in [-0.2, 0) is 13.0 Å². The molecule has 100 valence electrons. The quantitative estimate of drug-likeness (QED) is 0.856. The average Bonchev–Trinajstić information content (AvgIpc) is 2.93. The van der Waals surface area contributed by atoms with Crippen molar-refractivity contribution in [3.63, 3.8) is 0 Å². The largest absolute Gasteiger partial charge is 0.315 e. The van der Waals surface area contributed by atoms with Gasteiger partial charge in [-0.25, -0.2) is 4.98 Å². The highest BCUT2D eigenvalue weighted by atomic mass is 32.1. The van der Waals surface area contributed by atoms with E-state index in [0.717, 1.165) is 18.9 Å². The second-order valence-electron chi connectivity index (χ2n) is 5.52. The third-order valence-electron chi connectivity index (χ3n) is 3.91. The number of hydrogen-bond donors (Lipinski definition) is 1. The van der Waals surface area contributed by atoms with E-state index in [1.807, 2.05) is 18.4 Å². The van der Waals surface area contributed by atoms with E-state index in [0.29, 0.717) is 0 Å². The highest BCUT2D eigenvalue weighted by Gasteiger charge is 2.29. The van der Waals surface area contributed by atoms with Gasteiger partial charge in [0.15, 0.2) is 0 Å². The molecule has 0 aromatic carbocycles. The van der Waals surface area contributed by atoms with Crippen LogP contribution in [0.3, 0.4) is 0 Å². The topological polar surface area (TPSA) is 28.2 Å². The van der Waals surface area contributed by atoms with Gasteiger partial charge in [0.2, 0.25) is 0 Å². The summed E-state index contributed by atoms with van der Waals surface area (Å²) >= 11 is 1.94. The maximum Gasteiger partial charge on any atom is 0.0944 e. The molecule has 1 saturated carbocycles. The molecule has 18 heavy (non-hydrogen) atoms. The first kappa shape index (κ1) is 12.6. The monoisotopic (exact) mass is 265 g/mol. The van der Waals surface area contributed by atoms with Gasteiger partial charge in [-0.05, 0) is 45.8 Å². The Balaban J connectivity index is 1.62. The molecule has 1 aromatic heterocycles. The van der Waals surface area contributed by atoms with Gasteiger partial charge in [-0.15, -0.1) is 11.3 Å². The predicted octanol–water partition coefficient (Wildman–Crippen LogP) is 2.38. The van der Waals surface area contributed by atoms with E-state index in [1.165, 1.54) is 60.9 Å². The number of hydrogen-bond acceptors (Lipinski definition) is 4. The lowest BCUT2D eigenvalue weighted by Crippen LogP contribution is -2.21. The first-order chi connectivity index (χ1) is 8.86. The van der Waals surface area contributed by atoms with E-state index >= 15 is 0 Å². The molecule has 1 aliphatic carbocycles. The SMILES string of the molecule is CNCc1sc(CCN2CCCC2)nc1C1CC1. The van der Waals surface area contributed by atoms with Crippen LogP contribution in [-0.4, -0.2) is 36.6 Å². The lowest BCUT2D eigenvalue weighted by Gasteiger charge is -2.12. The maximum atomic E-state index is 4.90. The Kier molecular flexibility index (Phi) is 3.97. The number of aromatic nitrogens is 1. The van der Waals surface area contributed by atoms with Crippen LogP contribution < -0.4 is 5.32 Å². The summed E-state index contributed by atoms with van der Waals surface area (Å²) in [7, 11) is 2.03. The summed E-state index contributed by atoms with van der Waals surface area (Å²) in [6, 6.07) is 0. The lowest BCUT2D eigenvalue weighted by atomic mass is 10.2. The molecule has 2 fully saturated rings. The lowest BCUT2D eigenvalue weighted by molar-refractivity contribution is 0.343. The van der Waals surface area contributed by atoms with Crippen molar-refractivity contribution in [1.29, 1.82) is 0 Å². The van der Waals surface area contributed by atoms with Crippen molar-refractivity contribution < 1.29 is 0 Å². The van der Waals surface area contributed by atoms with Gasteiger partial charge in [-0.2, -0.15) is 0 Å². The van der Waals surface area contributed by atoms with Gasteiger partial charge in [0.1, 0.15) is 0 Å². The predicted molar refractivity (Wildman–Crippen MR) is 76.2 cm³/mol. The van der Waals surface area contributed by atoms with E-state index in [1.54, 1.807) is 0 Å². The van der Waals surface area contributed by atoms with E-state index in [-0.39, 0.29) is 0 Å². The second-order valence-corrected chi connectivity index (χ2v) is 6.69. The molecule has 4 heteroatoms. The number of rotatable bonds is 6. The van der Waals surface area contributed by atoms with Gasteiger partial charge >= 0.3 is 0 Å². The van der Waals surface area contributed by atoms with Crippen LogP contribution in [0, 0.1) is 0 Å². The molecular formula is C14H23N3S. The summed E-state index contributed by atoms with van der Waals surface area (Å²) in [5.74, 6) is 0.783. The normalized spacial score (nSPS) is 20.7. The Bertz CT molecular complexity index is 392. The van der Waals surface area contributed by atoms with Crippen LogP contribution in [0.5, 0.6) is 0 Å². The number of nitrogens with zero attached hydrogens (tertiary/aromatic N) is 2. The molecule has 3 nitrogen and oxygen atoms in total. The van der Waals surface area contributed by atoms with Crippen molar-refractivity contribution in [3.8, 4) is 0 Å². The van der Waals surface area contributed by atoms with E-state index < -0.39 is 0 Å². The Morgan fingerprint density at radius 2 is 2.11 bits per heavy atom. The van der Waals surface area contributed by atoms with Crippen molar-refractivity contribution >= 4 is 11.3 Å². The summed E-state index contributed by atoms with van der Waals surface area (Å²) in [4.78, 5) is 8.97. The molecule has 0 atom stereocenters. The number of likely N-dealkylation sites (tertiary alicyclic amines) is 1. The van der Waals surface area contributed by atoms with Crippen LogP contribution in [0.2, 0.25) is 0 Å². The standard InChI is InChI=1S/C14H23N3S/c1-15-10-12-14(11-4-5-11)16-13(18-12)6-9-17-7-2-3-8-17/h11,15H,2-10H2,1H3. The number of thiazole rings is 1. The van der Waals surface area contributed by atoms with E-state index in [2.05, 4.69) is 10.2 Å². The minimum Gasteiger partial charge on any atom is -0.315 e. The fourth-order valence-corrected chi connectivity index (χ4v) is 3.90. The van der Waals surface area contributed by atoms with Crippen LogP contribution in [0.4, 0.5) is 0 Å². The van der Waals surface area contributed by atoms with Crippen LogP contribution in [0.15, 0.2) is 0 Å². The van der Waals surface area contributed by atoms with Gasteiger partial charge in [0.05, 0.1) is 10.7 Å². The minimum atomic E-state index is 0.783. The Morgan fingerprint density at radius 1 is 1.33 bits per heavy atom. The van der Waals surface area contributed by atoms with Crippen molar-refractivity contribution in [2.75, 3.05) is 26.7 Å². The zero-order chi connectivity index (χ0) is 12.4. The fraction of sp³-hybridized carbons (Fsp3) is 0.786. The average molecular weight is 265 g/mol. The fourth-order valence-electron chi connectivity index (χ4n) is 2.74. The maximum absolute atomic E-state index is 4.90. The Labute approximate surface area is 114 Å². The van der Waals surface area contributed by atoms with Gasteiger partial charge in [0, 0.05) is 30.3 Å². The highest BCUT2D eigenvalue weighted by Crippen LogP contribution is 2.42. The Hall–Kier alpha value is -0.450. The zero-order valence-electron chi connectivity index (χ0n) is 11.2. The summed E-state index contributed by atoms with van der Waals surface area (Å²) < 4.78 is 0. The highest BCUT2D eigenvalue weighted by molar-refractivity contribution is 7.11. The Morgan fingerprint density at radius 3 is 2.78 bits per heavy atom. The molecule has 0 bridgehead atoms. The molecule has 0 spiro atoms. The molecule has 0 amide bonds. The molecule has 2 aliphatic rings. The molecule has 0 unspecified atom stereocenters. The second kappa shape index (κ2) is 5.68. The molecule has 2 heterocycles. The molecular weight excluding hydrogens is 242 g/mol. The van der Waals surface area contributed by atoms with Gasteiger partial charge in [-0.3, -0.25) is 0 Å². The molecule has 3 rings (SSSR count). The molecule has 1 N–H and O–H groups in total. The van der Waals surface area contributed by atoms with E-state index in [4.69, 9.17) is 4.98 Å². The first-order valence-electron chi connectivity index (χ1n) is 7.22. The zero-order valence-corrected chi connectivity index (χ0v) is 12.1. The summed E-state index contributed by atoms with van der Waals surface area (Å²) in [5.41, 5.74) is 1.41. The molecule has 1 aromatic rings. The molecule has 1 aliphatic heterocycles. The molecule has 1 saturated heterocycles. The van der Waals surface area contributed by atoms with Crippen LogP contribution >= 0.6 is 11.3 Å². The third-order valence-corrected chi connectivity index (χ3v) is 5.04. The summed E-state index contributed by atoms with van der Waals surface area (Å²) in [6.45, 7) is 4.79. The van der Waals surface area contributed by atoms with E-state index in [9.17, 15) is 0 Å². The summed E-state index contributed by atoms with van der Waals surface area (Å²) in [5, 5.41) is 4.63.